The monoisotopic (exact) mass is 712 g/mol. The van der Waals surface area contributed by atoms with Gasteiger partial charge in [-0.05, 0) is 54.6 Å². The molecule has 1 aromatic rings. The van der Waals surface area contributed by atoms with E-state index < -0.39 is 70.4 Å². The fourth-order valence-electron chi connectivity index (χ4n) is 6.06. The number of rotatable bonds is 13. The molecule has 4 atom stereocenters. The number of hydrogen-bond acceptors (Lipinski definition) is 7. The highest BCUT2D eigenvalue weighted by molar-refractivity contribution is 6.37. The molecule has 7 amide bonds. The molecule has 1 aromatic carbocycles. The van der Waals surface area contributed by atoms with Gasteiger partial charge in [0.15, 0.2) is 0 Å². The van der Waals surface area contributed by atoms with Gasteiger partial charge in [-0.15, -0.1) is 0 Å². The summed E-state index contributed by atoms with van der Waals surface area (Å²) in [5.41, 5.74) is 4.98. The van der Waals surface area contributed by atoms with Crippen LogP contribution in [0.25, 0.3) is 0 Å². The van der Waals surface area contributed by atoms with Crippen molar-refractivity contribution in [1.82, 2.24) is 25.8 Å². The summed E-state index contributed by atoms with van der Waals surface area (Å²) in [5.74, 6) is -3.27. The van der Waals surface area contributed by atoms with Crippen molar-refractivity contribution in [3.8, 4) is 0 Å². The third-order valence-electron chi connectivity index (χ3n) is 9.39. The number of urea groups is 1. The molecule has 284 valence electrons. The van der Waals surface area contributed by atoms with Crippen molar-refractivity contribution >= 4 is 41.9 Å². The maximum Gasteiger partial charge on any atom is 0.315 e. The summed E-state index contributed by atoms with van der Waals surface area (Å²) in [4.78, 5) is 93.1. The van der Waals surface area contributed by atoms with Gasteiger partial charge in [0.05, 0.1) is 12.1 Å². The van der Waals surface area contributed by atoms with E-state index in [1.165, 1.54) is 11.3 Å². The summed E-state index contributed by atoms with van der Waals surface area (Å²) in [6.07, 6.45) is 5.72. The molecular weight excluding hydrogens is 652 g/mol. The molecule has 0 spiro atoms. The van der Waals surface area contributed by atoms with Gasteiger partial charge in [-0.2, -0.15) is 0 Å². The number of carbonyl (C=O) groups is 7. The van der Waals surface area contributed by atoms with Crippen LogP contribution in [0.2, 0.25) is 0 Å². The van der Waals surface area contributed by atoms with Crippen LogP contribution in [0.4, 0.5) is 4.79 Å². The van der Waals surface area contributed by atoms with Crippen molar-refractivity contribution in [3.63, 3.8) is 0 Å². The summed E-state index contributed by atoms with van der Waals surface area (Å²) in [5, 5.41) is 8.35. The highest BCUT2D eigenvalue weighted by Gasteiger charge is 2.43. The van der Waals surface area contributed by atoms with Gasteiger partial charge in [0, 0.05) is 18.7 Å². The number of nitrogens with one attached hydrogen (secondary N) is 3. The van der Waals surface area contributed by atoms with Crippen LogP contribution in [0.3, 0.4) is 0 Å². The van der Waals surface area contributed by atoms with Crippen molar-refractivity contribution in [3.05, 3.63) is 35.4 Å². The van der Waals surface area contributed by atoms with Gasteiger partial charge in [0.25, 0.3) is 11.8 Å². The van der Waals surface area contributed by atoms with E-state index in [4.69, 9.17) is 5.73 Å². The minimum absolute atomic E-state index is 0.109. The number of benzene rings is 1. The molecule has 2 fully saturated rings. The lowest BCUT2D eigenvalue weighted by atomic mass is 9.80. The normalized spacial score (nSPS) is 17.7. The predicted molar refractivity (Wildman–Crippen MR) is 195 cm³/mol. The number of hydrogen-bond donors (Lipinski definition) is 4. The molecule has 2 aliphatic rings. The van der Waals surface area contributed by atoms with Crippen molar-refractivity contribution in [2.45, 2.75) is 131 Å². The fraction of sp³-hybridized carbons (Fsp3) is 0.658. The van der Waals surface area contributed by atoms with Crippen LogP contribution in [0, 0.1) is 23.7 Å². The van der Waals surface area contributed by atoms with E-state index in [0.717, 1.165) is 24.2 Å². The Hall–Kier alpha value is -4.29. The zero-order chi connectivity index (χ0) is 38.7. The highest BCUT2D eigenvalue weighted by Crippen LogP contribution is 2.31. The lowest BCUT2D eigenvalue weighted by Gasteiger charge is -2.38. The Morgan fingerprint density at radius 3 is 2.02 bits per heavy atom. The molecule has 0 aromatic heterocycles. The molecule has 3 rings (SSSR count). The van der Waals surface area contributed by atoms with Crippen LogP contribution in [-0.2, 0) is 24.0 Å². The number of Topliss-reactive ketones (excluding diaryl/α,β-unsaturated/α-hetero) is 1. The predicted octanol–water partition coefficient (Wildman–Crippen LogP) is 3.86. The second-order valence-corrected chi connectivity index (χ2v) is 15.9. The average Bonchev–Trinajstić information content (AvgIpc) is 3.52. The zero-order valence-corrected chi connectivity index (χ0v) is 32.0. The van der Waals surface area contributed by atoms with Crippen molar-refractivity contribution in [2.75, 3.05) is 13.1 Å². The van der Waals surface area contributed by atoms with E-state index in [1.807, 2.05) is 20.8 Å². The molecule has 0 bridgehead atoms. The van der Waals surface area contributed by atoms with Gasteiger partial charge in [-0.3, -0.25) is 33.7 Å². The molecule has 0 radical (unpaired) electrons. The Kier molecular flexibility index (Phi) is 15.8. The van der Waals surface area contributed by atoms with Crippen LogP contribution in [0.5, 0.6) is 0 Å². The third kappa shape index (κ3) is 12.2. The van der Waals surface area contributed by atoms with Crippen LogP contribution < -0.4 is 21.7 Å². The molecule has 13 heteroatoms. The Morgan fingerprint density at radius 1 is 0.922 bits per heavy atom. The van der Waals surface area contributed by atoms with Crippen LogP contribution in [0.1, 0.15) is 116 Å². The van der Waals surface area contributed by atoms with Gasteiger partial charge in [0.2, 0.25) is 24.0 Å². The minimum atomic E-state index is -1.12. The quantitative estimate of drug-likeness (QED) is 0.177. The lowest BCUT2D eigenvalue weighted by molar-refractivity contribution is -0.143. The number of nitrogens with two attached hydrogens (primary N) is 1. The van der Waals surface area contributed by atoms with E-state index in [-0.39, 0.29) is 19.0 Å². The number of aryl methyl sites for hydroxylation is 1. The van der Waals surface area contributed by atoms with Gasteiger partial charge in [0.1, 0.15) is 12.1 Å². The van der Waals surface area contributed by atoms with E-state index in [2.05, 4.69) is 29.8 Å². The average molecular weight is 713 g/mol. The summed E-state index contributed by atoms with van der Waals surface area (Å²) in [6.45, 7) is 17.1. The van der Waals surface area contributed by atoms with E-state index >= 15 is 0 Å². The summed E-state index contributed by atoms with van der Waals surface area (Å²) in [6, 6.07) is 2.54. The summed E-state index contributed by atoms with van der Waals surface area (Å²) >= 11 is 0. The van der Waals surface area contributed by atoms with Crippen molar-refractivity contribution in [1.29, 1.82) is 0 Å². The van der Waals surface area contributed by atoms with E-state index in [0.29, 0.717) is 36.8 Å². The smallest absolute Gasteiger partial charge is 0.315 e. The van der Waals surface area contributed by atoms with Crippen LogP contribution >= 0.6 is 0 Å². The molecule has 1 heterocycles. The molecule has 1 aliphatic carbocycles. The summed E-state index contributed by atoms with van der Waals surface area (Å²) < 4.78 is 0. The maximum atomic E-state index is 14.1. The molecule has 13 nitrogen and oxygen atoms in total. The number of primary amides is 1. The van der Waals surface area contributed by atoms with Crippen LogP contribution in [0.15, 0.2) is 24.3 Å². The van der Waals surface area contributed by atoms with E-state index in [1.54, 1.807) is 52.0 Å². The SMILES string of the molecule is CCC.Cc1ccccc1C(=O)N(C=O)CC(NC(=O)NC(C(=O)N1CCCC1C(=O)NC(CC1CCC1)C(=O)C(N)=O)C(C)(C)C)C(C)(C)C. The maximum absolute atomic E-state index is 14.1. The second kappa shape index (κ2) is 18.8. The first-order valence-electron chi connectivity index (χ1n) is 18.1. The summed E-state index contributed by atoms with van der Waals surface area (Å²) in [7, 11) is 0. The van der Waals surface area contributed by atoms with Crippen molar-refractivity contribution < 1.29 is 33.6 Å². The van der Waals surface area contributed by atoms with Crippen molar-refractivity contribution in [2.24, 2.45) is 22.5 Å². The topological polar surface area (TPSA) is 188 Å². The second-order valence-electron chi connectivity index (χ2n) is 15.9. The van der Waals surface area contributed by atoms with Gasteiger partial charge in [-0.1, -0.05) is 99.3 Å². The number of nitrogens with zero attached hydrogens (tertiary/aromatic N) is 2. The van der Waals surface area contributed by atoms with Gasteiger partial charge < -0.3 is 26.6 Å². The number of carbonyl (C=O) groups excluding carboxylic acids is 7. The van der Waals surface area contributed by atoms with Gasteiger partial charge >= 0.3 is 6.03 Å². The number of amides is 7. The Labute approximate surface area is 303 Å². The first-order chi connectivity index (χ1) is 23.8. The molecule has 1 saturated carbocycles. The molecule has 1 aliphatic heterocycles. The zero-order valence-electron chi connectivity index (χ0n) is 32.0. The first kappa shape index (κ1) is 42.9. The number of likely N-dealkylation sites (tertiary alicyclic amines) is 1. The molecule has 4 unspecified atom stereocenters. The molecular formula is C38H60N6O7. The standard InChI is InChI=1S/C35H52N6O7.C3H8/c1-21-12-8-9-15-23(21)31(46)40(20-42)19-26(34(2,3)4)38-33(48)39-28(35(5,6)7)32(47)41-17-11-16-25(41)30(45)37-24(27(43)29(36)44)18-22-13-10-14-22;1-3-2/h8-9,12,15,20,22,24-26,28H,10-11,13-14,16-19H2,1-7H3,(H2,36,44)(H,37,45)(H2,38,39,48);3H2,1-2H3. The first-order valence-corrected chi connectivity index (χ1v) is 18.1. The Morgan fingerprint density at radius 2 is 1.53 bits per heavy atom. The highest BCUT2D eigenvalue weighted by atomic mass is 16.2. The lowest BCUT2D eigenvalue weighted by Crippen LogP contribution is -2.62. The third-order valence-corrected chi connectivity index (χ3v) is 9.39. The Bertz CT molecular complexity index is 1410. The molecule has 51 heavy (non-hydrogen) atoms. The minimum Gasteiger partial charge on any atom is -0.363 e. The van der Waals surface area contributed by atoms with Crippen LogP contribution in [-0.4, -0.2) is 88.9 Å². The largest absolute Gasteiger partial charge is 0.363 e. The number of ketones is 1. The molecule has 1 saturated heterocycles. The van der Waals surface area contributed by atoms with E-state index in [9.17, 15) is 33.6 Å². The fourth-order valence-corrected chi connectivity index (χ4v) is 6.06. The van der Waals surface area contributed by atoms with Gasteiger partial charge in [-0.25, -0.2) is 4.79 Å². The Balaban J connectivity index is 0.00000290. The molecule has 5 N–H and O–H groups in total. The number of imide groups is 1.